The van der Waals surface area contributed by atoms with E-state index >= 15 is 0 Å². The number of methoxy groups -OCH3 is 2. The van der Waals surface area contributed by atoms with E-state index in [9.17, 15) is 14.0 Å². The highest BCUT2D eigenvalue weighted by atomic mass is 19.1. The summed E-state index contributed by atoms with van der Waals surface area (Å²) in [7, 11) is 3.07. The van der Waals surface area contributed by atoms with Crippen molar-refractivity contribution >= 4 is 11.8 Å². The van der Waals surface area contributed by atoms with Gasteiger partial charge in [0.25, 0.3) is 0 Å². The highest BCUT2D eigenvalue weighted by molar-refractivity contribution is 5.89. The van der Waals surface area contributed by atoms with Crippen LogP contribution < -0.4 is 14.8 Å². The van der Waals surface area contributed by atoms with E-state index in [0.717, 1.165) is 5.56 Å². The Hall–Kier alpha value is -4.72. The lowest BCUT2D eigenvalue weighted by Crippen LogP contribution is -2.43. The van der Waals surface area contributed by atoms with Gasteiger partial charge in [-0.05, 0) is 52.6 Å². The lowest BCUT2D eigenvalue weighted by molar-refractivity contribution is -0.141. The molecule has 0 unspecified atom stereocenters. The minimum absolute atomic E-state index is 0.0147. The molecule has 1 N–H and O–H groups in total. The van der Waals surface area contributed by atoms with Crippen LogP contribution in [-0.4, -0.2) is 35.9 Å². The summed E-state index contributed by atoms with van der Waals surface area (Å²) in [4.78, 5) is 33.3. The Kier molecular flexibility index (Phi) is 9.24. The Morgan fingerprint density at radius 1 is 0.872 bits per heavy atom. The molecular weight excluding hydrogens is 497 g/mol. The fraction of sp³-hybridized carbons (Fsp3) is 0.194. The number of benzene rings is 3. The number of hydrogen-bond acceptors (Lipinski definition) is 5. The molecule has 0 spiro atoms. The molecule has 0 aliphatic heterocycles. The molecule has 7 nitrogen and oxygen atoms in total. The molecule has 1 atom stereocenters. The summed E-state index contributed by atoms with van der Waals surface area (Å²) < 4.78 is 24.4. The second-order valence-corrected chi connectivity index (χ2v) is 8.91. The maximum Gasteiger partial charge on any atom is 0.247 e. The highest BCUT2D eigenvalue weighted by Gasteiger charge is 2.31. The molecule has 0 bridgehead atoms. The van der Waals surface area contributed by atoms with Crippen molar-refractivity contribution in [1.82, 2.24) is 15.2 Å². The zero-order valence-corrected chi connectivity index (χ0v) is 21.8. The summed E-state index contributed by atoms with van der Waals surface area (Å²) in [6.45, 7) is 0.358. The maximum atomic E-state index is 13.9. The average Bonchev–Trinajstić information content (AvgIpc) is 2.97. The van der Waals surface area contributed by atoms with Crippen molar-refractivity contribution in [1.29, 1.82) is 0 Å². The molecule has 1 aromatic heterocycles. The fourth-order valence-electron chi connectivity index (χ4n) is 4.27. The molecule has 4 aromatic rings. The number of rotatable bonds is 11. The SMILES string of the molecule is COc1ccc(CC(=O)N(Cc2ccc(F)cc2)[C@H](C(=O)NCc2cccnc2)c2ccccc2)cc1OC. The first-order valence-corrected chi connectivity index (χ1v) is 12.4. The first kappa shape index (κ1) is 27.3. The predicted octanol–water partition coefficient (Wildman–Crippen LogP) is 4.87. The van der Waals surface area contributed by atoms with E-state index < -0.39 is 6.04 Å². The Morgan fingerprint density at radius 2 is 1.59 bits per heavy atom. The first-order chi connectivity index (χ1) is 19.0. The molecule has 0 fully saturated rings. The van der Waals surface area contributed by atoms with Gasteiger partial charge in [0.2, 0.25) is 11.8 Å². The van der Waals surface area contributed by atoms with Gasteiger partial charge < -0.3 is 19.7 Å². The molecule has 0 saturated heterocycles. The number of ether oxygens (including phenoxy) is 2. The summed E-state index contributed by atoms with van der Waals surface area (Å²) in [5.41, 5.74) is 2.88. The molecule has 3 aromatic carbocycles. The summed E-state index contributed by atoms with van der Waals surface area (Å²) in [6.07, 6.45) is 3.35. The second-order valence-electron chi connectivity index (χ2n) is 8.91. The number of halogens is 1. The van der Waals surface area contributed by atoms with Crippen molar-refractivity contribution in [3.8, 4) is 11.5 Å². The van der Waals surface area contributed by atoms with Gasteiger partial charge in [0.15, 0.2) is 11.5 Å². The largest absolute Gasteiger partial charge is 0.493 e. The summed E-state index contributed by atoms with van der Waals surface area (Å²) >= 11 is 0. The van der Waals surface area contributed by atoms with E-state index in [1.165, 1.54) is 24.1 Å². The third-order valence-corrected chi connectivity index (χ3v) is 6.25. The molecule has 1 heterocycles. The van der Waals surface area contributed by atoms with Crippen LogP contribution >= 0.6 is 0 Å². The van der Waals surface area contributed by atoms with E-state index in [-0.39, 0.29) is 37.1 Å². The maximum absolute atomic E-state index is 13.9. The zero-order valence-electron chi connectivity index (χ0n) is 21.8. The van der Waals surface area contributed by atoms with Crippen LogP contribution in [0.4, 0.5) is 4.39 Å². The van der Waals surface area contributed by atoms with Gasteiger partial charge in [-0.25, -0.2) is 4.39 Å². The molecule has 0 aliphatic rings. The molecule has 200 valence electrons. The lowest BCUT2D eigenvalue weighted by Gasteiger charge is -2.32. The van der Waals surface area contributed by atoms with Gasteiger partial charge in [-0.1, -0.05) is 54.6 Å². The van der Waals surface area contributed by atoms with Crippen molar-refractivity contribution in [3.63, 3.8) is 0 Å². The third-order valence-electron chi connectivity index (χ3n) is 6.25. The average molecular weight is 528 g/mol. The summed E-state index contributed by atoms with van der Waals surface area (Å²) in [5, 5.41) is 2.96. The molecule has 0 aliphatic carbocycles. The van der Waals surface area contributed by atoms with Gasteiger partial charge in [-0.2, -0.15) is 0 Å². The lowest BCUT2D eigenvalue weighted by atomic mass is 10.0. The van der Waals surface area contributed by atoms with Gasteiger partial charge >= 0.3 is 0 Å². The van der Waals surface area contributed by atoms with Gasteiger partial charge in [-0.3, -0.25) is 14.6 Å². The molecular formula is C31H30FN3O4. The van der Waals surface area contributed by atoms with E-state index in [0.29, 0.717) is 28.2 Å². The van der Waals surface area contributed by atoms with Crippen LogP contribution in [0.1, 0.15) is 28.3 Å². The Labute approximate surface area is 227 Å². The summed E-state index contributed by atoms with van der Waals surface area (Å²) in [5.74, 6) is 0.0519. The smallest absolute Gasteiger partial charge is 0.247 e. The predicted molar refractivity (Wildman–Crippen MR) is 145 cm³/mol. The van der Waals surface area contributed by atoms with Gasteiger partial charge in [0.1, 0.15) is 11.9 Å². The summed E-state index contributed by atoms with van der Waals surface area (Å²) in [6, 6.07) is 23.0. The van der Waals surface area contributed by atoms with Gasteiger partial charge in [-0.15, -0.1) is 0 Å². The standard InChI is InChI=1S/C31H30FN3O4/c1-38-27-15-12-23(17-28(27)39-2)18-29(36)35(21-22-10-13-26(32)14-11-22)30(25-8-4-3-5-9-25)31(37)34-20-24-7-6-16-33-19-24/h3-17,19,30H,18,20-21H2,1-2H3,(H,34,37)/t30-/m0/s1. The van der Waals surface area contributed by atoms with Crippen molar-refractivity contribution < 1.29 is 23.5 Å². The minimum Gasteiger partial charge on any atom is -0.493 e. The van der Waals surface area contributed by atoms with Crippen LogP contribution in [-0.2, 0) is 29.1 Å². The third kappa shape index (κ3) is 7.19. The van der Waals surface area contributed by atoms with Crippen LogP contribution in [0.15, 0.2) is 97.3 Å². The number of carbonyl (C=O) groups excluding carboxylic acids is 2. The Morgan fingerprint density at radius 3 is 2.26 bits per heavy atom. The fourth-order valence-corrected chi connectivity index (χ4v) is 4.27. The highest BCUT2D eigenvalue weighted by Crippen LogP contribution is 2.29. The molecule has 2 amide bonds. The number of carbonyl (C=O) groups is 2. The first-order valence-electron chi connectivity index (χ1n) is 12.4. The van der Waals surface area contributed by atoms with E-state index in [1.807, 2.05) is 36.4 Å². The Bertz CT molecular complexity index is 1380. The Balaban J connectivity index is 1.68. The van der Waals surface area contributed by atoms with Gasteiger partial charge in [0, 0.05) is 25.5 Å². The molecule has 8 heteroatoms. The molecule has 0 saturated carbocycles. The number of nitrogens with zero attached hydrogens (tertiary/aromatic N) is 2. The van der Waals surface area contributed by atoms with Gasteiger partial charge in [0.05, 0.1) is 20.6 Å². The molecule has 0 radical (unpaired) electrons. The number of amides is 2. The van der Waals surface area contributed by atoms with Crippen LogP contribution in [0, 0.1) is 5.82 Å². The van der Waals surface area contributed by atoms with E-state index in [2.05, 4.69) is 10.3 Å². The topological polar surface area (TPSA) is 80.8 Å². The van der Waals surface area contributed by atoms with Crippen LogP contribution in [0.2, 0.25) is 0 Å². The van der Waals surface area contributed by atoms with Crippen LogP contribution in [0.5, 0.6) is 11.5 Å². The van der Waals surface area contributed by atoms with E-state index in [4.69, 9.17) is 9.47 Å². The zero-order chi connectivity index (χ0) is 27.6. The van der Waals surface area contributed by atoms with Crippen LogP contribution in [0.3, 0.4) is 0 Å². The monoisotopic (exact) mass is 527 g/mol. The number of hydrogen-bond donors (Lipinski definition) is 1. The van der Waals surface area contributed by atoms with E-state index in [1.54, 1.807) is 55.9 Å². The van der Waals surface area contributed by atoms with Crippen molar-refractivity contribution in [2.75, 3.05) is 14.2 Å². The minimum atomic E-state index is -0.930. The molecule has 39 heavy (non-hydrogen) atoms. The van der Waals surface area contributed by atoms with Crippen molar-refractivity contribution in [3.05, 3.63) is 125 Å². The number of nitrogens with one attached hydrogen (secondary N) is 1. The normalized spacial score (nSPS) is 11.4. The molecule has 4 rings (SSSR count). The van der Waals surface area contributed by atoms with Crippen LogP contribution in [0.25, 0.3) is 0 Å². The number of pyridine rings is 1. The quantitative estimate of drug-likeness (QED) is 0.301. The second kappa shape index (κ2) is 13.2. The van der Waals surface area contributed by atoms with Crippen molar-refractivity contribution in [2.24, 2.45) is 0 Å². The van der Waals surface area contributed by atoms with Crippen molar-refractivity contribution in [2.45, 2.75) is 25.6 Å². The number of aromatic nitrogens is 1.